The van der Waals surface area contributed by atoms with Crippen LogP contribution in [0.4, 0.5) is 5.69 Å². The van der Waals surface area contributed by atoms with Gasteiger partial charge in [0.25, 0.3) is 0 Å². The number of anilines is 1. The van der Waals surface area contributed by atoms with E-state index in [0.29, 0.717) is 24.1 Å². The molecule has 180 valence electrons. The van der Waals surface area contributed by atoms with Gasteiger partial charge in [-0.25, -0.2) is 8.42 Å². The number of rotatable bonds is 6. The zero-order valence-electron chi connectivity index (χ0n) is 19.2. The van der Waals surface area contributed by atoms with E-state index in [2.05, 4.69) is 21.4 Å². The molecule has 3 aromatic carbocycles. The maximum atomic E-state index is 13.5. The molecular weight excluding hydrogens is 462 g/mol. The van der Waals surface area contributed by atoms with Crippen LogP contribution < -0.4 is 15.4 Å². The molecule has 3 N–H and O–H groups in total. The lowest BCUT2D eigenvalue weighted by Crippen LogP contribution is -2.42. The van der Waals surface area contributed by atoms with Crippen molar-refractivity contribution in [1.29, 1.82) is 0 Å². The van der Waals surface area contributed by atoms with Gasteiger partial charge in [0, 0.05) is 12.1 Å². The first kappa shape index (κ1) is 23.3. The van der Waals surface area contributed by atoms with Crippen molar-refractivity contribution < 1.29 is 18.0 Å². The van der Waals surface area contributed by atoms with Crippen LogP contribution in [-0.4, -0.2) is 20.2 Å². The molecule has 2 amide bonds. The SMILES string of the molecule is O=C1CCc2cc(S(=O)(=O)N[C@H](C(=O)N[C@@H]3CCCc4ccccc43)c3ccccc3)ccc2N1. The molecular formula is C27H27N3O4S. The molecule has 0 fully saturated rings. The Kier molecular flexibility index (Phi) is 6.40. The summed E-state index contributed by atoms with van der Waals surface area (Å²) in [7, 11) is -4.02. The molecule has 0 bridgehead atoms. The molecule has 35 heavy (non-hydrogen) atoms. The van der Waals surface area contributed by atoms with Crippen LogP contribution in [0.15, 0.2) is 77.7 Å². The highest BCUT2D eigenvalue weighted by Gasteiger charge is 2.31. The number of hydrogen-bond donors (Lipinski definition) is 3. The Balaban J connectivity index is 1.42. The summed E-state index contributed by atoms with van der Waals surface area (Å²) in [6.07, 6.45) is 3.50. The smallest absolute Gasteiger partial charge is 0.243 e. The summed E-state index contributed by atoms with van der Waals surface area (Å²) in [4.78, 5) is 25.2. The minimum atomic E-state index is -4.02. The molecule has 5 rings (SSSR count). The molecule has 0 radical (unpaired) electrons. The van der Waals surface area contributed by atoms with Gasteiger partial charge in [-0.3, -0.25) is 9.59 Å². The summed E-state index contributed by atoms with van der Waals surface area (Å²) in [5.41, 5.74) is 4.23. The van der Waals surface area contributed by atoms with Crippen molar-refractivity contribution in [3.05, 3.63) is 95.1 Å². The molecule has 1 heterocycles. The molecule has 1 aliphatic carbocycles. The summed E-state index contributed by atoms with van der Waals surface area (Å²) in [5.74, 6) is -0.483. The second kappa shape index (κ2) is 9.64. The van der Waals surface area contributed by atoms with Gasteiger partial charge < -0.3 is 10.6 Å². The third-order valence-corrected chi connectivity index (χ3v) is 8.06. The third-order valence-electron chi connectivity index (χ3n) is 6.64. The van der Waals surface area contributed by atoms with Gasteiger partial charge in [-0.15, -0.1) is 0 Å². The van der Waals surface area contributed by atoms with E-state index in [1.54, 1.807) is 36.4 Å². The minimum Gasteiger partial charge on any atom is -0.348 e. The Morgan fingerprint density at radius 1 is 0.914 bits per heavy atom. The normalized spacial score (nSPS) is 18.1. The molecule has 0 spiro atoms. The fourth-order valence-electron chi connectivity index (χ4n) is 4.83. The van der Waals surface area contributed by atoms with Gasteiger partial charge in [-0.1, -0.05) is 54.6 Å². The number of hydrogen-bond acceptors (Lipinski definition) is 4. The fraction of sp³-hybridized carbons (Fsp3) is 0.259. The van der Waals surface area contributed by atoms with Gasteiger partial charge in [0.15, 0.2) is 0 Å². The largest absolute Gasteiger partial charge is 0.348 e. The number of carbonyl (C=O) groups is 2. The van der Waals surface area contributed by atoms with Crippen LogP contribution in [0.3, 0.4) is 0 Å². The lowest BCUT2D eigenvalue weighted by Gasteiger charge is -2.28. The first-order chi connectivity index (χ1) is 16.9. The maximum absolute atomic E-state index is 13.5. The molecule has 1 aliphatic heterocycles. The Morgan fingerprint density at radius 2 is 1.69 bits per heavy atom. The fourth-order valence-corrected chi connectivity index (χ4v) is 6.06. The summed E-state index contributed by atoms with van der Waals surface area (Å²) in [6.45, 7) is 0. The Bertz CT molecular complexity index is 1370. The predicted molar refractivity (Wildman–Crippen MR) is 133 cm³/mol. The van der Waals surface area contributed by atoms with Gasteiger partial charge in [0.05, 0.1) is 10.9 Å². The molecule has 0 saturated heterocycles. The van der Waals surface area contributed by atoms with E-state index >= 15 is 0 Å². The number of fused-ring (bicyclic) bond motifs is 2. The van der Waals surface area contributed by atoms with Crippen molar-refractivity contribution in [2.75, 3.05) is 5.32 Å². The number of sulfonamides is 1. The first-order valence-electron chi connectivity index (χ1n) is 11.8. The molecule has 7 nitrogen and oxygen atoms in total. The number of aryl methyl sites for hydroxylation is 2. The van der Waals surface area contributed by atoms with Crippen molar-refractivity contribution >= 4 is 27.5 Å². The highest BCUT2D eigenvalue weighted by Crippen LogP contribution is 2.31. The third kappa shape index (κ3) is 4.99. The van der Waals surface area contributed by atoms with Gasteiger partial charge >= 0.3 is 0 Å². The molecule has 3 aromatic rings. The highest BCUT2D eigenvalue weighted by atomic mass is 32.2. The van der Waals surface area contributed by atoms with E-state index in [-0.39, 0.29) is 16.8 Å². The summed E-state index contributed by atoms with van der Waals surface area (Å²) in [5, 5.41) is 5.85. The van der Waals surface area contributed by atoms with Crippen LogP contribution in [0.2, 0.25) is 0 Å². The minimum absolute atomic E-state index is 0.0594. The number of amides is 2. The van der Waals surface area contributed by atoms with E-state index in [9.17, 15) is 18.0 Å². The van der Waals surface area contributed by atoms with Crippen molar-refractivity contribution in [2.45, 2.75) is 49.1 Å². The van der Waals surface area contributed by atoms with Crippen LogP contribution in [0.1, 0.15) is 53.6 Å². The molecule has 0 aromatic heterocycles. The lowest BCUT2D eigenvalue weighted by atomic mass is 9.87. The van der Waals surface area contributed by atoms with E-state index in [1.165, 1.54) is 11.6 Å². The van der Waals surface area contributed by atoms with E-state index in [0.717, 1.165) is 30.4 Å². The standard InChI is InChI=1S/C27H27N3O4S/c31-25-16-13-20-17-21(14-15-23(20)28-25)35(33,34)30-26(19-8-2-1-3-9-19)27(32)29-24-12-6-10-18-7-4-5-11-22(18)24/h1-5,7-9,11,14-15,17,24,26,30H,6,10,12-13,16H2,(H,28,31)(H,29,32)/t24-,26+/m1/s1. The van der Waals surface area contributed by atoms with Crippen molar-refractivity contribution in [3.8, 4) is 0 Å². The zero-order valence-corrected chi connectivity index (χ0v) is 20.0. The number of nitrogens with one attached hydrogen (secondary N) is 3. The van der Waals surface area contributed by atoms with Crippen LogP contribution >= 0.6 is 0 Å². The van der Waals surface area contributed by atoms with Crippen molar-refractivity contribution in [2.24, 2.45) is 0 Å². The molecule has 2 atom stereocenters. The Morgan fingerprint density at radius 3 is 2.51 bits per heavy atom. The monoisotopic (exact) mass is 489 g/mol. The van der Waals surface area contributed by atoms with Crippen LogP contribution in [0, 0.1) is 0 Å². The molecule has 2 aliphatic rings. The average molecular weight is 490 g/mol. The maximum Gasteiger partial charge on any atom is 0.243 e. The Labute approximate surface area is 205 Å². The summed E-state index contributed by atoms with van der Waals surface area (Å²) >= 11 is 0. The van der Waals surface area contributed by atoms with Crippen LogP contribution in [0.25, 0.3) is 0 Å². The predicted octanol–water partition coefficient (Wildman–Crippen LogP) is 3.78. The highest BCUT2D eigenvalue weighted by molar-refractivity contribution is 7.89. The molecule has 8 heteroatoms. The quantitative estimate of drug-likeness (QED) is 0.490. The number of benzene rings is 3. The average Bonchev–Trinajstić information content (AvgIpc) is 2.87. The van der Waals surface area contributed by atoms with Gasteiger partial charge in [-0.2, -0.15) is 4.72 Å². The van der Waals surface area contributed by atoms with E-state index in [4.69, 9.17) is 0 Å². The van der Waals surface area contributed by atoms with Gasteiger partial charge in [0.1, 0.15) is 6.04 Å². The van der Waals surface area contributed by atoms with E-state index < -0.39 is 22.0 Å². The van der Waals surface area contributed by atoms with Crippen molar-refractivity contribution in [1.82, 2.24) is 10.0 Å². The summed E-state index contributed by atoms with van der Waals surface area (Å²) in [6, 6.07) is 20.3. The second-order valence-corrected chi connectivity index (χ2v) is 10.7. The topological polar surface area (TPSA) is 104 Å². The van der Waals surface area contributed by atoms with Crippen LogP contribution in [-0.2, 0) is 32.5 Å². The molecule has 0 unspecified atom stereocenters. The van der Waals surface area contributed by atoms with E-state index in [1.807, 2.05) is 24.3 Å². The number of carbonyl (C=O) groups excluding carboxylic acids is 2. The zero-order chi connectivity index (χ0) is 24.4. The summed E-state index contributed by atoms with van der Waals surface area (Å²) < 4.78 is 29.4. The van der Waals surface area contributed by atoms with Gasteiger partial charge in [0.2, 0.25) is 21.8 Å². The first-order valence-corrected chi connectivity index (χ1v) is 13.3. The Hall–Kier alpha value is -3.49. The van der Waals surface area contributed by atoms with Gasteiger partial charge in [-0.05, 0) is 66.1 Å². The second-order valence-electron chi connectivity index (χ2n) is 8.98. The molecule has 0 saturated carbocycles. The lowest BCUT2D eigenvalue weighted by molar-refractivity contribution is -0.123. The van der Waals surface area contributed by atoms with Crippen molar-refractivity contribution in [3.63, 3.8) is 0 Å². The van der Waals surface area contributed by atoms with Crippen LogP contribution in [0.5, 0.6) is 0 Å².